The van der Waals surface area contributed by atoms with E-state index in [0.29, 0.717) is 5.56 Å². The van der Waals surface area contributed by atoms with Crippen LogP contribution in [-0.4, -0.2) is 17.8 Å². The highest BCUT2D eigenvalue weighted by molar-refractivity contribution is 9.10. The fourth-order valence-electron chi connectivity index (χ4n) is 1.79. The molecule has 2 atom stereocenters. The third kappa shape index (κ3) is 4.10. The zero-order valence-electron chi connectivity index (χ0n) is 11.3. The van der Waals surface area contributed by atoms with Crippen LogP contribution in [0.4, 0.5) is 18.9 Å². The van der Waals surface area contributed by atoms with Crippen LogP contribution in [0.15, 0.2) is 16.6 Å². The van der Waals surface area contributed by atoms with Gasteiger partial charge in [-0.05, 0) is 47.0 Å². The number of alkyl halides is 3. The van der Waals surface area contributed by atoms with Crippen molar-refractivity contribution in [2.45, 2.75) is 38.5 Å². The first-order valence-electron chi connectivity index (χ1n) is 6.23. The van der Waals surface area contributed by atoms with Crippen LogP contribution in [0, 0.1) is 0 Å². The van der Waals surface area contributed by atoms with Gasteiger partial charge in [0.25, 0.3) is 0 Å². The second-order valence-electron chi connectivity index (χ2n) is 4.67. The highest BCUT2D eigenvalue weighted by Crippen LogP contribution is 2.39. The van der Waals surface area contributed by atoms with Gasteiger partial charge in [-0.2, -0.15) is 13.2 Å². The lowest BCUT2D eigenvalue weighted by molar-refractivity contribution is -0.137. The largest absolute Gasteiger partial charge is 0.418 e. The number of aliphatic hydroxyl groups is 1. The molecule has 4 N–H and O–H groups in total. The van der Waals surface area contributed by atoms with Crippen molar-refractivity contribution >= 4 is 21.6 Å². The Morgan fingerprint density at radius 3 is 2.45 bits per heavy atom. The summed E-state index contributed by atoms with van der Waals surface area (Å²) < 4.78 is 38.9. The van der Waals surface area contributed by atoms with Gasteiger partial charge in [0.05, 0.1) is 23.9 Å². The van der Waals surface area contributed by atoms with Gasteiger partial charge in [0.2, 0.25) is 0 Å². The number of nitrogen functional groups attached to an aromatic ring is 1. The third-order valence-electron chi connectivity index (χ3n) is 3.14. The molecule has 114 valence electrons. The molecule has 0 aliphatic rings. The van der Waals surface area contributed by atoms with Crippen molar-refractivity contribution in [2.24, 2.45) is 0 Å². The van der Waals surface area contributed by atoms with E-state index in [2.05, 4.69) is 21.2 Å². The number of nitrogens with one attached hydrogen (secondary N) is 1. The van der Waals surface area contributed by atoms with Crippen LogP contribution in [0.1, 0.15) is 37.4 Å². The van der Waals surface area contributed by atoms with E-state index >= 15 is 0 Å². The first-order chi connectivity index (χ1) is 9.20. The summed E-state index contributed by atoms with van der Waals surface area (Å²) >= 11 is 3.04. The molecule has 0 aliphatic carbocycles. The molecule has 0 radical (unpaired) electrons. The number of anilines is 1. The van der Waals surface area contributed by atoms with Crippen LogP contribution in [0.5, 0.6) is 0 Å². The Labute approximate surface area is 124 Å². The maximum Gasteiger partial charge on any atom is 0.418 e. The molecule has 3 nitrogen and oxygen atoms in total. The van der Waals surface area contributed by atoms with Crippen molar-refractivity contribution in [3.8, 4) is 0 Å². The Balaban J connectivity index is 3.21. The van der Waals surface area contributed by atoms with Crippen LogP contribution in [0.3, 0.4) is 0 Å². The van der Waals surface area contributed by atoms with Gasteiger partial charge in [-0.3, -0.25) is 0 Å². The van der Waals surface area contributed by atoms with Crippen molar-refractivity contribution < 1.29 is 18.3 Å². The second kappa shape index (κ2) is 6.78. The van der Waals surface area contributed by atoms with E-state index < -0.39 is 17.8 Å². The summed E-state index contributed by atoms with van der Waals surface area (Å²) in [7, 11) is 0. The number of aliphatic hydroxyl groups excluding tert-OH is 1. The van der Waals surface area contributed by atoms with Crippen LogP contribution in [0.2, 0.25) is 0 Å². The molecular weight excluding hydrogens is 337 g/mol. The Morgan fingerprint density at radius 2 is 2.00 bits per heavy atom. The van der Waals surface area contributed by atoms with Crippen molar-refractivity contribution in [1.29, 1.82) is 0 Å². The summed E-state index contributed by atoms with van der Waals surface area (Å²) in [5, 5.41) is 12.5. The van der Waals surface area contributed by atoms with Gasteiger partial charge in [-0.1, -0.05) is 6.92 Å². The SMILES string of the molecule is CCC(C)NC(CO)c1cc(Br)c(N)c(C(F)(F)F)c1. The zero-order chi connectivity index (χ0) is 15.5. The van der Waals surface area contributed by atoms with E-state index in [1.54, 1.807) is 0 Å². The fraction of sp³-hybridized carbons (Fsp3) is 0.538. The van der Waals surface area contributed by atoms with E-state index in [9.17, 15) is 18.3 Å². The van der Waals surface area contributed by atoms with Crippen LogP contribution in [0.25, 0.3) is 0 Å². The van der Waals surface area contributed by atoms with Crippen molar-refractivity contribution in [3.05, 3.63) is 27.7 Å². The number of nitrogens with two attached hydrogens (primary N) is 1. The minimum Gasteiger partial charge on any atom is -0.397 e. The minimum atomic E-state index is -4.53. The average Bonchev–Trinajstić information content (AvgIpc) is 2.37. The van der Waals surface area contributed by atoms with Gasteiger partial charge in [0.1, 0.15) is 0 Å². The van der Waals surface area contributed by atoms with Gasteiger partial charge in [0.15, 0.2) is 0 Å². The number of halogens is 4. The molecule has 1 aromatic rings. The maximum atomic E-state index is 12.9. The quantitative estimate of drug-likeness (QED) is 0.709. The predicted molar refractivity (Wildman–Crippen MR) is 76.3 cm³/mol. The lowest BCUT2D eigenvalue weighted by atomic mass is 10.0. The molecule has 0 bridgehead atoms. The van der Waals surface area contributed by atoms with Gasteiger partial charge in [-0.15, -0.1) is 0 Å². The van der Waals surface area contributed by atoms with Gasteiger partial charge >= 0.3 is 6.18 Å². The van der Waals surface area contributed by atoms with E-state index in [1.807, 2.05) is 13.8 Å². The highest BCUT2D eigenvalue weighted by Gasteiger charge is 2.34. The average molecular weight is 355 g/mol. The third-order valence-corrected chi connectivity index (χ3v) is 3.80. The van der Waals surface area contributed by atoms with Crippen LogP contribution >= 0.6 is 15.9 Å². The molecule has 0 heterocycles. The Bertz CT molecular complexity index is 466. The lowest BCUT2D eigenvalue weighted by Gasteiger charge is -2.23. The second-order valence-corrected chi connectivity index (χ2v) is 5.53. The number of benzene rings is 1. The standard InChI is InChI=1S/C13H18BrF3N2O/c1-3-7(2)19-11(6-20)8-4-9(13(15,16)17)12(18)10(14)5-8/h4-5,7,11,19-20H,3,6,18H2,1-2H3. The smallest absolute Gasteiger partial charge is 0.397 e. The number of hydrogen-bond acceptors (Lipinski definition) is 3. The molecular formula is C13H18BrF3N2O. The predicted octanol–water partition coefficient (Wildman–Crippen LogP) is 3.47. The van der Waals surface area contributed by atoms with Crippen LogP contribution < -0.4 is 11.1 Å². The Hall–Kier alpha value is -0.790. The molecule has 0 amide bonds. The van der Waals surface area contributed by atoms with Crippen molar-refractivity contribution in [3.63, 3.8) is 0 Å². The molecule has 0 saturated carbocycles. The summed E-state index contributed by atoms with van der Waals surface area (Å²) in [6.07, 6.45) is -3.72. The van der Waals surface area contributed by atoms with E-state index in [4.69, 9.17) is 5.73 Å². The molecule has 0 saturated heterocycles. The van der Waals surface area contributed by atoms with Gasteiger partial charge in [-0.25, -0.2) is 0 Å². The molecule has 1 aromatic carbocycles. The summed E-state index contributed by atoms with van der Waals surface area (Å²) in [6.45, 7) is 3.56. The Kier molecular flexibility index (Phi) is 5.85. The summed E-state index contributed by atoms with van der Waals surface area (Å²) in [6, 6.07) is 2.00. The summed E-state index contributed by atoms with van der Waals surface area (Å²) in [4.78, 5) is 0. The van der Waals surface area contributed by atoms with Gasteiger partial charge < -0.3 is 16.2 Å². The molecule has 20 heavy (non-hydrogen) atoms. The zero-order valence-corrected chi connectivity index (χ0v) is 12.8. The van der Waals surface area contributed by atoms with E-state index in [1.165, 1.54) is 6.07 Å². The molecule has 0 aliphatic heterocycles. The molecule has 7 heteroatoms. The first kappa shape index (κ1) is 17.3. The Morgan fingerprint density at radius 1 is 1.40 bits per heavy atom. The summed E-state index contributed by atoms with van der Waals surface area (Å²) in [5.41, 5.74) is 4.56. The molecule has 2 unspecified atom stereocenters. The lowest BCUT2D eigenvalue weighted by Crippen LogP contribution is -2.32. The molecule has 1 rings (SSSR count). The maximum absolute atomic E-state index is 12.9. The minimum absolute atomic E-state index is 0.0813. The first-order valence-corrected chi connectivity index (χ1v) is 7.03. The molecule has 0 aromatic heterocycles. The highest BCUT2D eigenvalue weighted by atomic mass is 79.9. The van der Waals surface area contributed by atoms with E-state index in [-0.39, 0.29) is 22.8 Å². The molecule has 0 spiro atoms. The van der Waals surface area contributed by atoms with E-state index in [0.717, 1.165) is 12.5 Å². The van der Waals surface area contributed by atoms with Crippen LogP contribution in [-0.2, 0) is 6.18 Å². The number of hydrogen-bond donors (Lipinski definition) is 3. The topological polar surface area (TPSA) is 58.3 Å². The monoisotopic (exact) mass is 354 g/mol. The normalized spacial score (nSPS) is 15.2. The van der Waals surface area contributed by atoms with Gasteiger partial charge in [0, 0.05) is 10.5 Å². The number of rotatable bonds is 5. The fourth-order valence-corrected chi connectivity index (χ4v) is 2.27. The van der Waals surface area contributed by atoms with Crippen molar-refractivity contribution in [2.75, 3.05) is 12.3 Å². The summed E-state index contributed by atoms with van der Waals surface area (Å²) in [5.74, 6) is 0. The molecule has 0 fully saturated rings. The van der Waals surface area contributed by atoms with Crippen molar-refractivity contribution in [1.82, 2.24) is 5.32 Å².